The van der Waals surface area contributed by atoms with Crippen molar-refractivity contribution in [2.75, 3.05) is 20.1 Å². The Labute approximate surface area is 117 Å². The van der Waals surface area contributed by atoms with Crippen LogP contribution in [-0.4, -0.2) is 49.1 Å². The topological polar surface area (TPSA) is 44.4 Å². The largest absolute Gasteiger partial charge is 0.352 e. The highest BCUT2D eigenvalue weighted by atomic mass is 16.2. The lowest BCUT2D eigenvalue weighted by atomic mass is 10.0. The normalized spacial score (nSPS) is 31.6. The Morgan fingerprint density at radius 3 is 2.53 bits per heavy atom. The van der Waals surface area contributed by atoms with Crippen LogP contribution in [0.4, 0.5) is 0 Å². The molecular formula is C15H29N3O. The van der Waals surface area contributed by atoms with E-state index in [-0.39, 0.29) is 11.9 Å². The Bertz CT molecular complexity index is 287. The van der Waals surface area contributed by atoms with Gasteiger partial charge in [-0.25, -0.2) is 0 Å². The van der Waals surface area contributed by atoms with E-state index in [1.54, 1.807) is 0 Å². The Kier molecular flexibility index (Phi) is 5.64. The van der Waals surface area contributed by atoms with Crippen molar-refractivity contribution >= 4 is 5.91 Å². The van der Waals surface area contributed by atoms with Crippen LogP contribution in [0.15, 0.2) is 0 Å². The van der Waals surface area contributed by atoms with E-state index < -0.39 is 0 Å². The number of amides is 1. The average molecular weight is 267 g/mol. The number of carbonyl (C=O) groups is 1. The number of hydrogen-bond acceptors (Lipinski definition) is 3. The van der Waals surface area contributed by atoms with E-state index in [9.17, 15) is 4.79 Å². The molecule has 1 aliphatic heterocycles. The second-order valence-corrected chi connectivity index (χ2v) is 6.16. The highest BCUT2D eigenvalue weighted by Crippen LogP contribution is 2.25. The average Bonchev–Trinajstić information content (AvgIpc) is 2.72. The first kappa shape index (κ1) is 14.8. The molecular weight excluding hydrogens is 238 g/mol. The summed E-state index contributed by atoms with van der Waals surface area (Å²) in [7, 11) is 1.94. The van der Waals surface area contributed by atoms with Gasteiger partial charge in [0.25, 0.3) is 0 Å². The first-order chi connectivity index (χ1) is 9.22. The van der Waals surface area contributed by atoms with Gasteiger partial charge in [0.05, 0.1) is 0 Å². The van der Waals surface area contributed by atoms with E-state index in [1.165, 1.54) is 38.5 Å². The second-order valence-electron chi connectivity index (χ2n) is 6.16. The fourth-order valence-electron chi connectivity index (χ4n) is 3.49. The van der Waals surface area contributed by atoms with Gasteiger partial charge in [-0.1, -0.05) is 25.7 Å². The van der Waals surface area contributed by atoms with Gasteiger partial charge in [-0.3, -0.25) is 9.69 Å². The van der Waals surface area contributed by atoms with Crippen LogP contribution in [0.2, 0.25) is 0 Å². The summed E-state index contributed by atoms with van der Waals surface area (Å²) in [4.78, 5) is 14.8. The summed E-state index contributed by atoms with van der Waals surface area (Å²) in [5, 5.41) is 6.33. The van der Waals surface area contributed by atoms with Crippen LogP contribution in [0.25, 0.3) is 0 Å². The van der Waals surface area contributed by atoms with Crippen molar-refractivity contribution in [1.82, 2.24) is 15.5 Å². The van der Waals surface area contributed by atoms with Crippen LogP contribution in [0.1, 0.15) is 51.9 Å². The minimum absolute atomic E-state index is 0.0121. The summed E-state index contributed by atoms with van der Waals surface area (Å²) >= 11 is 0. The van der Waals surface area contributed by atoms with E-state index in [2.05, 4.69) is 22.5 Å². The SMILES string of the molecule is CNCC1C(=O)NC(C)CCN1C1CCCCCC1. The van der Waals surface area contributed by atoms with E-state index in [0.29, 0.717) is 12.1 Å². The third kappa shape index (κ3) is 3.93. The molecule has 1 saturated carbocycles. The van der Waals surface area contributed by atoms with Crippen molar-refractivity contribution in [2.45, 2.75) is 70.0 Å². The number of likely N-dealkylation sites (N-methyl/N-ethyl adjacent to an activating group) is 1. The van der Waals surface area contributed by atoms with Crippen LogP contribution in [0, 0.1) is 0 Å². The predicted molar refractivity (Wildman–Crippen MR) is 78.1 cm³/mol. The minimum Gasteiger partial charge on any atom is -0.352 e. The van der Waals surface area contributed by atoms with Crippen molar-refractivity contribution in [3.05, 3.63) is 0 Å². The van der Waals surface area contributed by atoms with Gasteiger partial charge in [0.2, 0.25) is 5.91 Å². The lowest BCUT2D eigenvalue weighted by molar-refractivity contribution is -0.126. The quantitative estimate of drug-likeness (QED) is 0.762. The first-order valence-electron chi connectivity index (χ1n) is 7.93. The van der Waals surface area contributed by atoms with Gasteiger partial charge in [-0.15, -0.1) is 0 Å². The zero-order valence-electron chi connectivity index (χ0n) is 12.5. The summed E-state index contributed by atoms with van der Waals surface area (Å²) in [5.74, 6) is 0.212. The highest BCUT2D eigenvalue weighted by molar-refractivity contribution is 5.82. The maximum absolute atomic E-state index is 12.4. The van der Waals surface area contributed by atoms with Crippen molar-refractivity contribution in [3.8, 4) is 0 Å². The fraction of sp³-hybridized carbons (Fsp3) is 0.933. The van der Waals surface area contributed by atoms with Gasteiger partial charge in [-0.05, 0) is 33.2 Å². The standard InChI is InChI=1S/C15H29N3O/c1-12-9-10-18(13-7-5-3-4-6-8-13)14(11-16-2)15(19)17-12/h12-14,16H,3-11H2,1-2H3,(H,17,19). The van der Waals surface area contributed by atoms with Crippen molar-refractivity contribution in [3.63, 3.8) is 0 Å². The van der Waals surface area contributed by atoms with Gasteiger partial charge in [0, 0.05) is 25.2 Å². The minimum atomic E-state index is 0.0121. The van der Waals surface area contributed by atoms with E-state index >= 15 is 0 Å². The smallest absolute Gasteiger partial charge is 0.238 e. The number of rotatable bonds is 3. The lowest BCUT2D eigenvalue weighted by Gasteiger charge is -2.35. The molecule has 2 N–H and O–H groups in total. The van der Waals surface area contributed by atoms with Gasteiger partial charge in [0.1, 0.15) is 6.04 Å². The van der Waals surface area contributed by atoms with Gasteiger partial charge in [0.15, 0.2) is 0 Å². The molecule has 2 unspecified atom stereocenters. The van der Waals surface area contributed by atoms with Crippen LogP contribution in [0.3, 0.4) is 0 Å². The van der Waals surface area contributed by atoms with Crippen molar-refractivity contribution in [1.29, 1.82) is 0 Å². The first-order valence-corrected chi connectivity index (χ1v) is 7.93. The van der Waals surface area contributed by atoms with E-state index in [4.69, 9.17) is 0 Å². The molecule has 0 aromatic rings. The molecule has 110 valence electrons. The maximum atomic E-state index is 12.4. The molecule has 1 heterocycles. The Morgan fingerprint density at radius 1 is 1.21 bits per heavy atom. The van der Waals surface area contributed by atoms with Crippen LogP contribution in [0.5, 0.6) is 0 Å². The highest BCUT2D eigenvalue weighted by Gasteiger charge is 2.34. The molecule has 4 nitrogen and oxygen atoms in total. The predicted octanol–water partition coefficient (Wildman–Crippen LogP) is 1.51. The summed E-state index contributed by atoms with van der Waals surface area (Å²) in [5.41, 5.74) is 0. The summed E-state index contributed by atoms with van der Waals surface area (Å²) < 4.78 is 0. The fourth-order valence-corrected chi connectivity index (χ4v) is 3.49. The van der Waals surface area contributed by atoms with Gasteiger partial charge < -0.3 is 10.6 Å². The van der Waals surface area contributed by atoms with Crippen LogP contribution >= 0.6 is 0 Å². The van der Waals surface area contributed by atoms with Crippen LogP contribution in [-0.2, 0) is 4.79 Å². The zero-order valence-corrected chi connectivity index (χ0v) is 12.5. The number of hydrogen-bond donors (Lipinski definition) is 2. The molecule has 1 saturated heterocycles. The van der Waals surface area contributed by atoms with E-state index in [0.717, 1.165) is 19.5 Å². The molecule has 1 aliphatic carbocycles. The maximum Gasteiger partial charge on any atom is 0.238 e. The summed E-state index contributed by atoms with van der Waals surface area (Å²) in [6.45, 7) is 3.93. The molecule has 2 aliphatic rings. The molecule has 1 amide bonds. The third-order valence-electron chi connectivity index (χ3n) is 4.60. The molecule has 4 heteroatoms. The molecule has 0 spiro atoms. The molecule has 19 heavy (non-hydrogen) atoms. The van der Waals surface area contributed by atoms with Gasteiger partial charge >= 0.3 is 0 Å². The molecule has 0 aromatic carbocycles. The zero-order chi connectivity index (χ0) is 13.7. The molecule has 2 rings (SSSR count). The number of carbonyl (C=O) groups excluding carboxylic acids is 1. The molecule has 2 fully saturated rings. The number of nitrogens with zero attached hydrogens (tertiary/aromatic N) is 1. The Morgan fingerprint density at radius 2 is 1.89 bits per heavy atom. The molecule has 0 radical (unpaired) electrons. The molecule has 2 atom stereocenters. The molecule has 0 bridgehead atoms. The molecule has 0 aromatic heterocycles. The van der Waals surface area contributed by atoms with Crippen molar-refractivity contribution in [2.24, 2.45) is 0 Å². The van der Waals surface area contributed by atoms with Crippen LogP contribution < -0.4 is 10.6 Å². The van der Waals surface area contributed by atoms with Crippen molar-refractivity contribution < 1.29 is 4.79 Å². The summed E-state index contributed by atoms with van der Waals surface area (Å²) in [6.07, 6.45) is 8.98. The Hall–Kier alpha value is -0.610. The Balaban J connectivity index is 2.09. The number of nitrogens with one attached hydrogen (secondary N) is 2. The monoisotopic (exact) mass is 267 g/mol. The second kappa shape index (κ2) is 7.25. The summed E-state index contributed by atoms with van der Waals surface area (Å²) in [6, 6.07) is 0.928. The van der Waals surface area contributed by atoms with E-state index in [1.807, 2.05) is 7.05 Å². The lowest BCUT2D eigenvalue weighted by Crippen LogP contribution is -2.53. The van der Waals surface area contributed by atoms with Gasteiger partial charge in [-0.2, -0.15) is 0 Å². The third-order valence-corrected chi connectivity index (χ3v) is 4.60.